The van der Waals surface area contributed by atoms with Crippen molar-refractivity contribution >= 4 is 29.0 Å². The second kappa shape index (κ2) is 7.57. The normalized spacial score (nSPS) is 15.4. The van der Waals surface area contributed by atoms with Gasteiger partial charge in [0, 0.05) is 11.8 Å². The number of carbonyl (C=O) groups excluding carboxylic acids is 2. The van der Waals surface area contributed by atoms with Crippen LogP contribution in [0, 0.1) is 13.8 Å². The Morgan fingerprint density at radius 1 is 1.19 bits per heavy atom. The van der Waals surface area contributed by atoms with Crippen molar-refractivity contribution in [1.82, 2.24) is 14.9 Å². The molecule has 0 aliphatic carbocycles. The van der Waals surface area contributed by atoms with Crippen molar-refractivity contribution in [3.05, 3.63) is 62.7 Å². The van der Waals surface area contributed by atoms with E-state index in [1.54, 1.807) is 48.8 Å². The molecule has 7 nitrogen and oxygen atoms in total. The van der Waals surface area contributed by atoms with Crippen LogP contribution in [0.3, 0.4) is 0 Å². The van der Waals surface area contributed by atoms with Gasteiger partial charge in [0.25, 0.3) is 16.7 Å². The number of nitrogens with one attached hydrogen (secondary N) is 1. The van der Waals surface area contributed by atoms with Gasteiger partial charge in [0.05, 0.1) is 11.4 Å². The number of rotatable bonds is 5. The number of aromatic nitrogens is 2. The number of ether oxygens (including phenoxy) is 1. The highest BCUT2D eigenvalue weighted by atomic mass is 32.2. The summed E-state index contributed by atoms with van der Waals surface area (Å²) < 4.78 is 7.23. The molecule has 1 N–H and O–H groups in total. The van der Waals surface area contributed by atoms with E-state index in [2.05, 4.69) is 10.3 Å². The fraction of sp³-hybridized carbons (Fsp3) is 0.222. The molecule has 26 heavy (non-hydrogen) atoms. The minimum absolute atomic E-state index is 0.0949. The van der Waals surface area contributed by atoms with Gasteiger partial charge < -0.3 is 4.74 Å². The molecular formula is C18H17N3O4S. The molecular weight excluding hydrogens is 354 g/mol. The van der Waals surface area contributed by atoms with E-state index in [-0.39, 0.29) is 16.7 Å². The minimum atomic E-state index is -0.382. The summed E-state index contributed by atoms with van der Waals surface area (Å²) in [6.45, 7) is 4.32. The molecule has 1 aliphatic rings. The maximum atomic E-state index is 12.0. The van der Waals surface area contributed by atoms with Crippen molar-refractivity contribution in [1.29, 1.82) is 0 Å². The lowest BCUT2D eigenvalue weighted by molar-refractivity contribution is -0.115. The highest BCUT2D eigenvalue weighted by molar-refractivity contribution is 8.18. The van der Waals surface area contributed by atoms with Crippen molar-refractivity contribution in [3.63, 3.8) is 0 Å². The van der Waals surface area contributed by atoms with Crippen LogP contribution in [0.4, 0.5) is 4.79 Å². The van der Waals surface area contributed by atoms with Crippen molar-refractivity contribution in [2.45, 2.75) is 20.4 Å². The Labute approximate surface area is 154 Å². The highest BCUT2D eigenvalue weighted by Gasteiger charge is 2.24. The number of nitrogens with zero attached hydrogens (tertiary/aromatic N) is 2. The van der Waals surface area contributed by atoms with E-state index in [1.165, 1.54) is 6.07 Å². The molecule has 0 bridgehead atoms. The Bertz CT molecular complexity index is 948. The summed E-state index contributed by atoms with van der Waals surface area (Å²) in [7, 11) is 0. The standard InChI is InChI=1S/C18H17N3O4S/c1-11-9-16(22)21(12(2)19-11)7-8-25-14-5-3-13(4-6-14)10-15-17(23)20-18(24)26-15/h3-6,9-10H,7-8H2,1-2H3,(H,20,23,24)/b15-10+. The number of amides is 2. The third-order valence-corrected chi connectivity index (χ3v) is 4.54. The zero-order valence-electron chi connectivity index (χ0n) is 14.3. The topological polar surface area (TPSA) is 90.3 Å². The third kappa shape index (κ3) is 4.20. The number of imide groups is 1. The molecule has 0 radical (unpaired) electrons. The summed E-state index contributed by atoms with van der Waals surface area (Å²) in [6, 6.07) is 8.63. The average molecular weight is 371 g/mol. The van der Waals surface area contributed by atoms with Crippen LogP contribution in [-0.2, 0) is 11.3 Å². The Balaban J connectivity index is 1.60. The first-order chi connectivity index (χ1) is 12.4. The van der Waals surface area contributed by atoms with Crippen molar-refractivity contribution in [2.75, 3.05) is 6.61 Å². The van der Waals surface area contributed by atoms with Crippen molar-refractivity contribution in [3.8, 4) is 5.75 Å². The second-order valence-corrected chi connectivity index (χ2v) is 6.72. The molecule has 8 heteroatoms. The van der Waals surface area contributed by atoms with Gasteiger partial charge in [-0.1, -0.05) is 12.1 Å². The third-order valence-electron chi connectivity index (χ3n) is 3.73. The van der Waals surface area contributed by atoms with Crippen molar-refractivity contribution in [2.24, 2.45) is 0 Å². The number of hydrogen-bond donors (Lipinski definition) is 1. The summed E-state index contributed by atoms with van der Waals surface area (Å²) in [5.74, 6) is 0.924. The van der Waals surface area contributed by atoms with Crippen LogP contribution < -0.4 is 15.6 Å². The lowest BCUT2D eigenvalue weighted by Crippen LogP contribution is -2.26. The molecule has 1 fully saturated rings. The fourth-order valence-corrected chi connectivity index (χ4v) is 3.21. The summed E-state index contributed by atoms with van der Waals surface area (Å²) in [5, 5.41) is 1.85. The van der Waals surface area contributed by atoms with Gasteiger partial charge in [-0.3, -0.25) is 24.3 Å². The van der Waals surface area contributed by atoms with Gasteiger partial charge in [-0.25, -0.2) is 4.98 Å². The van der Waals surface area contributed by atoms with Crippen LogP contribution in [-0.4, -0.2) is 27.3 Å². The molecule has 2 heterocycles. The number of carbonyl (C=O) groups is 2. The van der Waals surface area contributed by atoms with E-state index in [0.29, 0.717) is 35.3 Å². The van der Waals surface area contributed by atoms with E-state index < -0.39 is 0 Å². The number of hydrogen-bond acceptors (Lipinski definition) is 6. The summed E-state index contributed by atoms with van der Waals surface area (Å²) in [5.41, 5.74) is 1.40. The molecule has 0 unspecified atom stereocenters. The average Bonchev–Trinajstić information content (AvgIpc) is 2.89. The maximum Gasteiger partial charge on any atom is 0.290 e. The predicted molar refractivity (Wildman–Crippen MR) is 99.0 cm³/mol. The van der Waals surface area contributed by atoms with Crippen LogP contribution in [0.1, 0.15) is 17.1 Å². The van der Waals surface area contributed by atoms with Gasteiger partial charge in [0.1, 0.15) is 18.2 Å². The van der Waals surface area contributed by atoms with Gasteiger partial charge in [0.15, 0.2) is 0 Å². The van der Waals surface area contributed by atoms with Gasteiger partial charge in [-0.2, -0.15) is 0 Å². The molecule has 0 spiro atoms. The Kier molecular flexibility index (Phi) is 5.22. The molecule has 0 atom stereocenters. The van der Waals surface area contributed by atoms with E-state index in [4.69, 9.17) is 4.74 Å². The first-order valence-electron chi connectivity index (χ1n) is 7.95. The van der Waals surface area contributed by atoms with Gasteiger partial charge in [0.2, 0.25) is 0 Å². The zero-order valence-corrected chi connectivity index (χ0v) is 15.1. The molecule has 1 aliphatic heterocycles. The molecule has 0 saturated carbocycles. The summed E-state index contributed by atoms with van der Waals surface area (Å²) >= 11 is 0.880. The van der Waals surface area contributed by atoms with Gasteiger partial charge in [-0.05, 0) is 49.4 Å². The predicted octanol–water partition coefficient (Wildman–Crippen LogP) is 2.26. The minimum Gasteiger partial charge on any atom is -0.492 e. The molecule has 3 rings (SSSR count). The lowest BCUT2D eigenvalue weighted by atomic mass is 10.2. The van der Waals surface area contributed by atoms with E-state index in [1.807, 2.05) is 0 Å². The van der Waals surface area contributed by atoms with Crippen LogP contribution in [0.2, 0.25) is 0 Å². The second-order valence-electron chi connectivity index (χ2n) is 5.70. The fourth-order valence-electron chi connectivity index (χ4n) is 2.52. The Morgan fingerprint density at radius 3 is 2.54 bits per heavy atom. The molecule has 2 aromatic rings. The molecule has 1 aromatic heterocycles. The molecule has 1 aromatic carbocycles. The Morgan fingerprint density at radius 2 is 1.92 bits per heavy atom. The van der Waals surface area contributed by atoms with Crippen LogP contribution in [0.25, 0.3) is 6.08 Å². The number of thioether (sulfide) groups is 1. The molecule has 1 saturated heterocycles. The van der Waals surface area contributed by atoms with Gasteiger partial charge >= 0.3 is 0 Å². The first-order valence-corrected chi connectivity index (χ1v) is 8.77. The van der Waals surface area contributed by atoms with E-state index in [9.17, 15) is 14.4 Å². The smallest absolute Gasteiger partial charge is 0.290 e. The van der Waals surface area contributed by atoms with Crippen LogP contribution >= 0.6 is 11.8 Å². The lowest BCUT2D eigenvalue weighted by Gasteiger charge is -2.11. The number of aryl methyl sites for hydroxylation is 2. The summed E-state index contributed by atoms with van der Waals surface area (Å²) in [6.07, 6.45) is 1.65. The monoisotopic (exact) mass is 371 g/mol. The van der Waals surface area contributed by atoms with E-state index >= 15 is 0 Å². The van der Waals surface area contributed by atoms with Gasteiger partial charge in [-0.15, -0.1) is 0 Å². The van der Waals surface area contributed by atoms with Crippen LogP contribution in [0.5, 0.6) is 5.75 Å². The molecule has 2 amide bonds. The van der Waals surface area contributed by atoms with Crippen molar-refractivity contribution < 1.29 is 14.3 Å². The Hall–Kier alpha value is -2.87. The van der Waals surface area contributed by atoms with Crippen LogP contribution in [0.15, 0.2) is 40.0 Å². The molecule has 134 valence electrons. The largest absolute Gasteiger partial charge is 0.492 e. The SMILES string of the molecule is Cc1cc(=O)n(CCOc2ccc(/C=C3/SC(=O)NC3=O)cc2)c(C)n1. The first kappa shape index (κ1) is 17.9. The maximum absolute atomic E-state index is 12.0. The summed E-state index contributed by atoms with van der Waals surface area (Å²) in [4.78, 5) is 39.3. The highest BCUT2D eigenvalue weighted by Crippen LogP contribution is 2.26. The zero-order chi connectivity index (χ0) is 18.7. The quantitative estimate of drug-likeness (QED) is 0.811. The number of benzene rings is 1. The van der Waals surface area contributed by atoms with E-state index in [0.717, 1.165) is 17.3 Å².